The van der Waals surface area contributed by atoms with E-state index in [2.05, 4.69) is 10.0 Å². The third-order valence-corrected chi connectivity index (χ3v) is 5.36. The molecule has 5 heteroatoms. The molecule has 0 atom stereocenters. The Morgan fingerprint density at radius 1 is 1.17 bits per heavy atom. The maximum atomic E-state index is 12.2. The third-order valence-electron chi connectivity index (χ3n) is 3.49. The fraction of sp³-hybridized carbons (Fsp3) is 0.538. The van der Waals surface area contributed by atoms with Crippen LogP contribution in [0.15, 0.2) is 18.2 Å². The monoisotopic (exact) mass is 268 g/mol. The molecular formula is C13H20N2O2S. The van der Waals surface area contributed by atoms with E-state index in [1.807, 2.05) is 32.0 Å². The Bertz CT molecular complexity index is 520. The molecule has 1 saturated heterocycles. The summed E-state index contributed by atoms with van der Waals surface area (Å²) in [5.41, 5.74) is 2.93. The van der Waals surface area contributed by atoms with Crippen LogP contribution in [0.3, 0.4) is 0 Å². The van der Waals surface area contributed by atoms with E-state index in [0.717, 1.165) is 18.7 Å². The third kappa shape index (κ3) is 3.03. The van der Waals surface area contributed by atoms with Crippen molar-refractivity contribution >= 4 is 15.7 Å². The summed E-state index contributed by atoms with van der Waals surface area (Å²) < 4.78 is 27.1. The number of aryl methyl sites for hydroxylation is 2. The van der Waals surface area contributed by atoms with Gasteiger partial charge in [0.15, 0.2) is 0 Å². The second-order valence-corrected chi connectivity index (χ2v) is 6.86. The molecule has 0 bridgehead atoms. The minimum absolute atomic E-state index is 0.277. The maximum Gasteiger partial charge on any atom is 0.235 e. The molecule has 100 valence electrons. The zero-order valence-electron chi connectivity index (χ0n) is 10.9. The summed E-state index contributed by atoms with van der Waals surface area (Å²) in [6.45, 7) is 5.55. The van der Waals surface area contributed by atoms with Crippen molar-refractivity contribution in [2.24, 2.45) is 0 Å². The van der Waals surface area contributed by atoms with Crippen LogP contribution in [0.2, 0.25) is 0 Å². The van der Waals surface area contributed by atoms with E-state index < -0.39 is 10.0 Å². The maximum absolute atomic E-state index is 12.2. The molecule has 1 fully saturated rings. The van der Waals surface area contributed by atoms with Crippen LogP contribution in [-0.4, -0.2) is 26.8 Å². The second-order valence-electron chi connectivity index (χ2n) is 4.90. The van der Waals surface area contributed by atoms with E-state index in [0.29, 0.717) is 18.5 Å². The van der Waals surface area contributed by atoms with Crippen LogP contribution in [0.25, 0.3) is 0 Å². The summed E-state index contributed by atoms with van der Waals surface area (Å²) in [6, 6.07) is 5.64. The predicted octanol–water partition coefficient (Wildman–Crippen LogP) is 1.80. The van der Waals surface area contributed by atoms with Crippen molar-refractivity contribution in [2.45, 2.75) is 31.9 Å². The number of benzene rings is 1. The minimum atomic E-state index is -3.26. The van der Waals surface area contributed by atoms with E-state index in [4.69, 9.17) is 0 Å². The zero-order valence-corrected chi connectivity index (χ0v) is 11.7. The molecule has 2 rings (SSSR count). The molecular weight excluding hydrogens is 248 g/mol. The lowest BCUT2D eigenvalue weighted by molar-refractivity contribution is 0.499. The zero-order chi connectivity index (χ0) is 13.2. The number of sulfonamides is 1. The molecule has 0 amide bonds. The lowest BCUT2D eigenvalue weighted by atomic mass is 10.1. The van der Waals surface area contributed by atoms with Crippen LogP contribution in [0.5, 0.6) is 0 Å². The molecule has 0 spiro atoms. The first kappa shape index (κ1) is 13.4. The molecule has 4 nitrogen and oxygen atoms in total. The van der Waals surface area contributed by atoms with Crippen molar-refractivity contribution in [3.8, 4) is 0 Å². The van der Waals surface area contributed by atoms with Crippen LogP contribution in [-0.2, 0) is 10.0 Å². The van der Waals surface area contributed by atoms with Gasteiger partial charge in [-0.25, -0.2) is 8.42 Å². The minimum Gasteiger partial charge on any atom is -0.317 e. The molecule has 1 aliphatic heterocycles. The highest BCUT2D eigenvalue weighted by atomic mass is 32.2. The van der Waals surface area contributed by atoms with Crippen molar-refractivity contribution in [1.82, 2.24) is 5.32 Å². The second kappa shape index (κ2) is 5.28. The van der Waals surface area contributed by atoms with Gasteiger partial charge in [-0.1, -0.05) is 6.07 Å². The summed E-state index contributed by atoms with van der Waals surface area (Å²) in [6.07, 6.45) is 1.36. The smallest absolute Gasteiger partial charge is 0.235 e. The Morgan fingerprint density at radius 3 is 2.44 bits per heavy atom. The summed E-state index contributed by atoms with van der Waals surface area (Å²) in [4.78, 5) is 0. The average Bonchev–Trinajstić information content (AvgIpc) is 2.35. The van der Waals surface area contributed by atoms with E-state index in [1.54, 1.807) is 0 Å². The van der Waals surface area contributed by atoms with Crippen molar-refractivity contribution in [1.29, 1.82) is 0 Å². The summed E-state index contributed by atoms with van der Waals surface area (Å²) in [5, 5.41) is 2.90. The molecule has 1 aromatic rings. The number of hydrogen-bond acceptors (Lipinski definition) is 3. The molecule has 1 aliphatic rings. The lowest BCUT2D eigenvalue weighted by Gasteiger charge is -2.23. The normalized spacial score (nSPS) is 17.7. The molecule has 2 N–H and O–H groups in total. The van der Waals surface area contributed by atoms with Gasteiger partial charge in [0.05, 0.1) is 5.25 Å². The average molecular weight is 268 g/mol. The fourth-order valence-corrected chi connectivity index (χ4v) is 3.64. The van der Waals surface area contributed by atoms with Gasteiger partial charge < -0.3 is 5.32 Å². The lowest BCUT2D eigenvalue weighted by Crippen LogP contribution is -2.38. The molecule has 1 aromatic carbocycles. The molecule has 0 aliphatic carbocycles. The van der Waals surface area contributed by atoms with Crippen LogP contribution in [0, 0.1) is 13.8 Å². The first-order chi connectivity index (χ1) is 8.49. The number of hydrogen-bond donors (Lipinski definition) is 2. The van der Waals surface area contributed by atoms with Gasteiger partial charge >= 0.3 is 0 Å². The highest BCUT2D eigenvalue weighted by Gasteiger charge is 2.26. The standard InChI is InChI=1S/C13H20N2O2S/c1-10-3-4-12(9-11(10)2)15-18(16,17)13-5-7-14-8-6-13/h3-4,9,13-15H,5-8H2,1-2H3. The Labute approximate surface area is 109 Å². The van der Waals surface area contributed by atoms with Gasteiger partial charge in [0.2, 0.25) is 10.0 Å². The SMILES string of the molecule is Cc1ccc(NS(=O)(=O)C2CCNCC2)cc1C. The fourth-order valence-electron chi connectivity index (χ4n) is 2.16. The Kier molecular flexibility index (Phi) is 3.92. The summed E-state index contributed by atoms with van der Waals surface area (Å²) in [7, 11) is -3.26. The van der Waals surface area contributed by atoms with Crippen molar-refractivity contribution in [2.75, 3.05) is 17.8 Å². The number of anilines is 1. The number of nitrogens with one attached hydrogen (secondary N) is 2. The summed E-state index contributed by atoms with van der Waals surface area (Å²) >= 11 is 0. The topological polar surface area (TPSA) is 58.2 Å². The number of rotatable bonds is 3. The van der Waals surface area contributed by atoms with Crippen molar-refractivity contribution in [3.63, 3.8) is 0 Å². The number of piperidine rings is 1. The van der Waals surface area contributed by atoms with Gasteiger partial charge in [-0.3, -0.25) is 4.72 Å². The van der Waals surface area contributed by atoms with Crippen LogP contribution >= 0.6 is 0 Å². The highest BCUT2D eigenvalue weighted by Crippen LogP contribution is 2.19. The first-order valence-electron chi connectivity index (χ1n) is 6.28. The first-order valence-corrected chi connectivity index (χ1v) is 7.83. The van der Waals surface area contributed by atoms with E-state index in [9.17, 15) is 8.42 Å². The Balaban J connectivity index is 2.13. The van der Waals surface area contributed by atoms with Gasteiger partial charge in [0, 0.05) is 5.69 Å². The van der Waals surface area contributed by atoms with E-state index >= 15 is 0 Å². The molecule has 0 aromatic heterocycles. The molecule has 0 unspecified atom stereocenters. The van der Waals surface area contributed by atoms with Crippen molar-refractivity contribution in [3.05, 3.63) is 29.3 Å². The van der Waals surface area contributed by atoms with Crippen molar-refractivity contribution < 1.29 is 8.42 Å². The Morgan fingerprint density at radius 2 is 1.83 bits per heavy atom. The Hall–Kier alpha value is -1.07. The largest absolute Gasteiger partial charge is 0.317 e. The van der Waals surface area contributed by atoms with E-state index in [-0.39, 0.29) is 5.25 Å². The molecule has 0 saturated carbocycles. The van der Waals surface area contributed by atoms with Gasteiger partial charge in [0.25, 0.3) is 0 Å². The van der Waals surface area contributed by atoms with Gasteiger partial charge in [-0.2, -0.15) is 0 Å². The van der Waals surface area contributed by atoms with Crippen LogP contribution in [0.4, 0.5) is 5.69 Å². The van der Waals surface area contributed by atoms with Crippen LogP contribution < -0.4 is 10.0 Å². The van der Waals surface area contributed by atoms with Gasteiger partial charge in [0.1, 0.15) is 0 Å². The molecule has 18 heavy (non-hydrogen) atoms. The highest BCUT2D eigenvalue weighted by molar-refractivity contribution is 7.93. The van der Waals surface area contributed by atoms with E-state index in [1.165, 1.54) is 5.56 Å². The van der Waals surface area contributed by atoms with Crippen LogP contribution in [0.1, 0.15) is 24.0 Å². The molecule has 1 heterocycles. The van der Waals surface area contributed by atoms with Gasteiger partial charge in [-0.05, 0) is 63.0 Å². The quantitative estimate of drug-likeness (QED) is 0.879. The van der Waals surface area contributed by atoms with Gasteiger partial charge in [-0.15, -0.1) is 0 Å². The summed E-state index contributed by atoms with van der Waals surface area (Å²) in [5.74, 6) is 0. The predicted molar refractivity (Wildman–Crippen MR) is 74.4 cm³/mol. The molecule has 0 radical (unpaired) electrons.